The van der Waals surface area contributed by atoms with Crippen LogP contribution in [0.25, 0.3) is 0 Å². The topological polar surface area (TPSA) is 49.3 Å². The van der Waals surface area contributed by atoms with Gasteiger partial charge in [-0.05, 0) is 29.9 Å². The van der Waals surface area contributed by atoms with Crippen LogP contribution in [-0.2, 0) is 5.41 Å². The number of aliphatic hydroxyl groups is 1. The van der Waals surface area contributed by atoms with Crippen LogP contribution in [0.3, 0.4) is 0 Å². The lowest BCUT2D eigenvalue weighted by molar-refractivity contribution is 0.0817. The molecule has 2 N–H and O–H groups in total. The predicted octanol–water partition coefficient (Wildman–Crippen LogP) is 3.41. The molecule has 0 aliphatic heterocycles. The molecule has 1 aliphatic rings. The third kappa shape index (κ3) is 4.07. The zero-order valence-corrected chi connectivity index (χ0v) is 13.4. The fourth-order valence-corrected chi connectivity index (χ4v) is 3.04. The molecule has 3 heteroatoms. The van der Waals surface area contributed by atoms with Gasteiger partial charge in [0.1, 0.15) is 0 Å². The first kappa shape index (κ1) is 16.0. The quantitative estimate of drug-likeness (QED) is 0.820. The largest absolute Gasteiger partial charge is 0.391 e. The molecule has 3 nitrogen and oxygen atoms in total. The van der Waals surface area contributed by atoms with Crippen LogP contribution >= 0.6 is 0 Å². The molecule has 0 heterocycles. The minimum atomic E-state index is -0.418. The summed E-state index contributed by atoms with van der Waals surface area (Å²) in [7, 11) is 0. The molecule has 1 aromatic rings. The number of hydrogen-bond acceptors (Lipinski definition) is 2. The predicted molar refractivity (Wildman–Crippen MR) is 85.5 cm³/mol. The summed E-state index contributed by atoms with van der Waals surface area (Å²) in [6.45, 7) is 6.33. The van der Waals surface area contributed by atoms with Crippen LogP contribution in [0.1, 0.15) is 68.8 Å². The monoisotopic (exact) mass is 289 g/mol. The Morgan fingerprint density at radius 2 is 1.81 bits per heavy atom. The van der Waals surface area contributed by atoms with E-state index in [-0.39, 0.29) is 17.4 Å². The van der Waals surface area contributed by atoms with Crippen molar-refractivity contribution in [2.45, 2.75) is 70.4 Å². The fourth-order valence-electron chi connectivity index (χ4n) is 3.04. The molecular formula is C18H27NO2. The van der Waals surface area contributed by atoms with Gasteiger partial charge in [0.15, 0.2) is 0 Å². The van der Waals surface area contributed by atoms with Crippen molar-refractivity contribution in [1.29, 1.82) is 0 Å². The molecular weight excluding hydrogens is 262 g/mol. The Kier molecular flexibility index (Phi) is 5.04. The van der Waals surface area contributed by atoms with Crippen LogP contribution in [0.5, 0.6) is 0 Å². The molecule has 0 aromatic heterocycles. The lowest BCUT2D eigenvalue weighted by Gasteiger charge is -2.25. The van der Waals surface area contributed by atoms with Gasteiger partial charge < -0.3 is 10.4 Å². The summed E-state index contributed by atoms with van der Waals surface area (Å²) in [6, 6.07) is 7.64. The third-order valence-corrected chi connectivity index (χ3v) is 4.28. The summed E-state index contributed by atoms with van der Waals surface area (Å²) in [5.74, 6) is -0.0634. The molecule has 1 aliphatic carbocycles. The normalized spacial score (nSPS) is 23.4. The smallest absolute Gasteiger partial charge is 0.251 e. The highest BCUT2D eigenvalue weighted by Crippen LogP contribution is 2.26. The van der Waals surface area contributed by atoms with Gasteiger partial charge in [0.25, 0.3) is 5.91 Å². The fraction of sp³-hybridized carbons (Fsp3) is 0.611. The number of rotatable bonds is 2. The van der Waals surface area contributed by atoms with E-state index in [1.54, 1.807) is 0 Å². The highest BCUT2D eigenvalue weighted by atomic mass is 16.3. The number of benzene rings is 1. The summed E-state index contributed by atoms with van der Waals surface area (Å²) in [5, 5.41) is 13.2. The molecule has 2 rings (SSSR count). The van der Waals surface area contributed by atoms with E-state index >= 15 is 0 Å². The maximum absolute atomic E-state index is 12.6. The standard InChI is InChI=1S/C18H27NO2/c1-18(2,3)14-10-8-7-9-13(14)17(21)19-15-11-5-4-6-12-16(15)20/h7-10,15-16,20H,4-6,11-12H2,1-3H3,(H,19,21). The second-order valence-electron chi connectivity index (χ2n) is 7.08. The molecule has 1 fully saturated rings. The highest BCUT2D eigenvalue weighted by Gasteiger charge is 2.26. The van der Waals surface area contributed by atoms with Crippen molar-refractivity contribution in [1.82, 2.24) is 5.32 Å². The summed E-state index contributed by atoms with van der Waals surface area (Å²) in [4.78, 5) is 12.6. The Bertz CT molecular complexity index is 490. The van der Waals surface area contributed by atoms with E-state index in [0.29, 0.717) is 0 Å². The van der Waals surface area contributed by atoms with E-state index in [0.717, 1.165) is 43.2 Å². The van der Waals surface area contributed by atoms with Crippen LogP contribution in [0, 0.1) is 0 Å². The molecule has 0 spiro atoms. The Balaban J connectivity index is 2.17. The van der Waals surface area contributed by atoms with Crippen molar-refractivity contribution in [2.24, 2.45) is 0 Å². The first-order chi connectivity index (χ1) is 9.89. The van der Waals surface area contributed by atoms with E-state index in [9.17, 15) is 9.90 Å². The van der Waals surface area contributed by atoms with Crippen molar-refractivity contribution in [3.05, 3.63) is 35.4 Å². The number of nitrogens with one attached hydrogen (secondary N) is 1. The lowest BCUT2D eigenvalue weighted by Crippen LogP contribution is -2.43. The van der Waals surface area contributed by atoms with E-state index in [4.69, 9.17) is 0 Å². The average Bonchev–Trinajstić information content (AvgIpc) is 2.63. The van der Waals surface area contributed by atoms with Gasteiger partial charge in [0.2, 0.25) is 0 Å². The highest BCUT2D eigenvalue weighted by molar-refractivity contribution is 5.96. The summed E-state index contributed by atoms with van der Waals surface area (Å²) in [6.07, 6.45) is 4.49. The Morgan fingerprint density at radius 3 is 2.52 bits per heavy atom. The molecule has 1 aromatic carbocycles. The van der Waals surface area contributed by atoms with Gasteiger partial charge in [-0.15, -0.1) is 0 Å². The Hall–Kier alpha value is -1.35. The van der Waals surface area contributed by atoms with Gasteiger partial charge >= 0.3 is 0 Å². The lowest BCUT2D eigenvalue weighted by atomic mass is 9.83. The maximum atomic E-state index is 12.6. The van der Waals surface area contributed by atoms with Crippen LogP contribution in [0.15, 0.2) is 24.3 Å². The molecule has 2 unspecified atom stereocenters. The van der Waals surface area contributed by atoms with Crippen molar-refractivity contribution in [2.75, 3.05) is 0 Å². The number of amides is 1. The molecule has 116 valence electrons. The summed E-state index contributed by atoms with van der Waals surface area (Å²) >= 11 is 0. The molecule has 0 radical (unpaired) electrons. The number of aliphatic hydroxyl groups excluding tert-OH is 1. The first-order valence-electron chi connectivity index (χ1n) is 7.98. The zero-order valence-electron chi connectivity index (χ0n) is 13.4. The third-order valence-electron chi connectivity index (χ3n) is 4.28. The van der Waals surface area contributed by atoms with Crippen LogP contribution in [0.2, 0.25) is 0 Å². The van der Waals surface area contributed by atoms with E-state index in [2.05, 4.69) is 26.1 Å². The van der Waals surface area contributed by atoms with Crippen LogP contribution in [-0.4, -0.2) is 23.2 Å². The van der Waals surface area contributed by atoms with Gasteiger partial charge in [0, 0.05) is 5.56 Å². The number of carbonyl (C=O) groups is 1. The zero-order chi connectivity index (χ0) is 15.5. The number of hydrogen-bond donors (Lipinski definition) is 2. The molecule has 1 saturated carbocycles. The summed E-state index contributed by atoms with van der Waals surface area (Å²) in [5.41, 5.74) is 1.70. The maximum Gasteiger partial charge on any atom is 0.251 e. The average molecular weight is 289 g/mol. The van der Waals surface area contributed by atoms with E-state index in [1.807, 2.05) is 24.3 Å². The second kappa shape index (κ2) is 6.61. The van der Waals surface area contributed by atoms with Gasteiger partial charge in [-0.1, -0.05) is 58.2 Å². The SMILES string of the molecule is CC(C)(C)c1ccccc1C(=O)NC1CCCCCC1O. The molecule has 0 saturated heterocycles. The molecule has 21 heavy (non-hydrogen) atoms. The van der Waals surface area contributed by atoms with Crippen molar-refractivity contribution in [3.63, 3.8) is 0 Å². The van der Waals surface area contributed by atoms with Gasteiger partial charge in [-0.25, -0.2) is 0 Å². The first-order valence-corrected chi connectivity index (χ1v) is 7.98. The Labute approximate surface area is 127 Å². The van der Waals surface area contributed by atoms with E-state index in [1.165, 1.54) is 0 Å². The molecule has 1 amide bonds. The van der Waals surface area contributed by atoms with Crippen LogP contribution in [0.4, 0.5) is 0 Å². The number of carbonyl (C=O) groups excluding carboxylic acids is 1. The minimum Gasteiger partial charge on any atom is -0.391 e. The second-order valence-corrected chi connectivity index (χ2v) is 7.08. The Morgan fingerprint density at radius 1 is 1.14 bits per heavy atom. The van der Waals surface area contributed by atoms with Crippen molar-refractivity contribution >= 4 is 5.91 Å². The van der Waals surface area contributed by atoms with E-state index < -0.39 is 6.10 Å². The van der Waals surface area contributed by atoms with Crippen molar-refractivity contribution in [3.8, 4) is 0 Å². The van der Waals surface area contributed by atoms with Gasteiger partial charge in [0.05, 0.1) is 12.1 Å². The van der Waals surface area contributed by atoms with Crippen LogP contribution < -0.4 is 5.32 Å². The van der Waals surface area contributed by atoms with Crippen molar-refractivity contribution < 1.29 is 9.90 Å². The minimum absolute atomic E-state index is 0.0634. The van der Waals surface area contributed by atoms with Gasteiger partial charge in [-0.2, -0.15) is 0 Å². The van der Waals surface area contributed by atoms with Gasteiger partial charge in [-0.3, -0.25) is 4.79 Å². The molecule has 2 atom stereocenters. The molecule has 0 bridgehead atoms. The summed E-state index contributed by atoms with van der Waals surface area (Å²) < 4.78 is 0.